The lowest BCUT2D eigenvalue weighted by molar-refractivity contribution is -0.0504. The van der Waals surface area contributed by atoms with Gasteiger partial charge in [0.25, 0.3) is 0 Å². The van der Waals surface area contributed by atoms with Crippen LogP contribution < -0.4 is 15.4 Å². The molecule has 0 bridgehead atoms. The molecule has 0 atom stereocenters. The number of aryl methyl sites for hydroxylation is 1. The summed E-state index contributed by atoms with van der Waals surface area (Å²) < 4.78 is 31.9. The largest absolute Gasteiger partial charge is 0.434 e. The van der Waals surface area contributed by atoms with E-state index in [1.807, 2.05) is 23.8 Å². The highest BCUT2D eigenvalue weighted by Crippen LogP contribution is 2.22. The van der Waals surface area contributed by atoms with Gasteiger partial charge in [0.1, 0.15) is 5.75 Å². The summed E-state index contributed by atoms with van der Waals surface area (Å²) in [6.07, 6.45) is 5.48. The minimum atomic E-state index is -2.86. The number of guanidine groups is 1. The average Bonchev–Trinajstić information content (AvgIpc) is 3.24. The monoisotopic (exact) mass is 541 g/mol. The van der Waals surface area contributed by atoms with Crippen molar-refractivity contribution >= 4 is 29.9 Å². The molecule has 2 N–H and O–H groups in total. The molecular weight excluding hydrogens is 515 g/mol. The second-order valence-corrected chi connectivity index (χ2v) is 6.82. The minimum Gasteiger partial charge on any atom is -0.434 e. The number of aliphatic imine (C=N–C) groups is 1. The number of halogens is 3. The van der Waals surface area contributed by atoms with Gasteiger partial charge in [0.05, 0.1) is 6.33 Å². The maximum Gasteiger partial charge on any atom is 0.387 e. The number of hydrogen-bond acceptors (Lipinski definition) is 3. The standard InChI is InChI=1S/C22H25F2N5O.HI/c1-16-3-8-20(30-21(23)24)19(11-16)13-28-22(25-2)27-12-17-4-6-18(7-5-17)14-29-10-9-26-15-29;/h3-11,15,21H,12-14H2,1-2H3,(H2,25,27,28);1H. The maximum absolute atomic E-state index is 12.6. The Morgan fingerprint density at radius 1 is 1.10 bits per heavy atom. The first-order valence-corrected chi connectivity index (χ1v) is 9.56. The van der Waals surface area contributed by atoms with Crippen molar-refractivity contribution < 1.29 is 13.5 Å². The molecule has 166 valence electrons. The molecule has 1 heterocycles. The Hall–Kier alpha value is -2.69. The van der Waals surface area contributed by atoms with Crippen LogP contribution in [0, 0.1) is 6.92 Å². The summed E-state index contributed by atoms with van der Waals surface area (Å²) in [6, 6.07) is 13.4. The van der Waals surface area contributed by atoms with Crippen LogP contribution in [0.1, 0.15) is 22.3 Å². The Labute approximate surface area is 197 Å². The van der Waals surface area contributed by atoms with Gasteiger partial charge >= 0.3 is 6.61 Å². The fourth-order valence-corrected chi connectivity index (χ4v) is 3.00. The number of nitrogens with one attached hydrogen (secondary N) is 2. The quantitative estimate of drug-likeness (QED) is 0.253. The van der Waals surface area contributed by atoms with E-state index in [1.165, 1.54) is 5.56 Å². The van der Waals surface area contributed by atoms with Crippen LogP contribution in [0.2, 0.25) is 0 Å². The highest BCUT2D eigenvalue weighted by Gasteiger charge is 2.10. The molecule has 0 aliphatic carbocycles. The average molecular weight is 541 g/mol. The second kappa shape index (κ2) is 12.2. The van der Waals surface area contributed by atoms with Crippen LogP contribution in [0.5, 0.6) is 5.75 Å². The number of aromatic nitrogens is 2. The van der Waals surface area contributed by atoms with E-state index in [1.54, 1.807) is 31.7 Å². The molecule has 3 aromatic rings. The molecule has 3 rings (SSSR count). The van der Waals surface area contributed by atoms with Crippen LogP contribution in [0.15, 0.2) is 66.2 Å². The van der Waals surface area contributed by atoms with Gasteiger partial charge in [-0.15, -0.1) is 24.0 Å². The SMILES string of the molecule is CN=C(NCc1ccc(Cn2ccnc2)cc1)NCc1cc(C)ccc1OC(F)F.I. The van der Waals surface area contributed by atoms with Crippen molar-refractivity contribution in [2.24, 2.45) is 4.99 Å². The van der Waals surface area contributed by atoms with Crippen LogP contribution in [0.25, 0.3) is 0 Å². The lowest BCUT2D eigenvalue weighted by Crippen LogP contribution is -2.36. The molecule has 2 aromatic carbocycles. The third kappa shape index (κ3) is 7.82. The fourth-order valence-electron chi connectivity index (χ4n) is 3.00. The first-order chi connectivity index (χ1) is 14.5. The van der Waals surface area contributed by atoms with E-state index in [4.69, 9.17) is 0 Å². The van der Waals surface area contributed by atoms with E-state index < -0.39 is 6.61 Å². The Kier molecular flexibility index (Phi) is 9.70. The molecule has 6 nitrogen and oxygen atoms in total. The highest BCUT2D eigenvalue weighted by atomic mass is 127. The number of alkyl halides is 2. The molecule has 0 fully saturated rings. The molecule has 1 aromatic heterocycles. The smallest absolute Gasteiger partial charge is 0.387 e. The maximum atomic E-state index is 12.6. The number of ether oxygens (including phenoxy) is 1. The molecule has 0 amide bonds. The zero-order valence-electron chi connectivity index (χ0n) is 17.4. The van der Waals surface area contributed by atoms with Gasteiger partial charge < -0.3 is 19.9 Å². The Bertz CT molecular complexity index is 963. The molecule has 0 saturated carbocycles. The number of hydrogen-bond donors (Lipinski definition) is 2. The Morgan fingerprint density at radius 2 is 1.81 bits per heavy atom. The summed E-state index contributed by atoms with van der Waals surface area (Å²) in [5.74, 6) is 0.731. The van der Waals surface area contributed by atoms with E-state index in [-0.39, 0.29) is 29.7 Å². The summed E-state index contributed by atoms with van der Waals surface area (Å²) in [5, 5.41) is 6.37. The van der Waals surface area contributed by atoms with Crippen LogP contribution in [-0.4, -0.2) is 29.2 Å². The number of imidazole rings is 1. The van der Waals surface area contributed by atoms with Crippen LogP contribution in [0.3, 0.4) is 0 Å². The van der Waals surface area contributed by atoms with E-state index >= 15 is 0 Å². The zero-order valence-corrected chi connectivity index (χ0v) is 19.7. The van der Waals surface area contributed by atoms with E-state index in [2.05, 4.69) is 49.6 Å². The zero-order chi connectivity index (χ0) is 21.3. The third-order valence-electron chi connectivity index (χ3n) is 4.51. The molecular formula is C22H26F2IN5O. The van der Waals surface area contributed by atoms with Crippen molar-refractivity contribution in [3.05, 3.63) is 83.4 Å². The number of nitrogens with zero attached hydrogens (tertiary/aromatic N) is 3. The minimum absolute atomic E-state index is 0. The summed E-state index contributed by atoms with van der Waals surface area (Å²) in [4.78, 5) is 8.24. The molecule has 0 aliphatic rings. The predicted molar refractivity (Wildman–Crippen MR) is 128 cm³/mol. The van der Waals surface area contributed by atoms with Gasteiger partial charge in [-0.3, -0.25) is 4.99 Å². The normalized spacial score (nSPS) is 11.2. The van der Waals surface area contributed by atoms with Gasteiger partial charge in [-0.05, 0) is 24.1 Å². The second-order valence-electron chi connectivity index (χ2n) is 6.82. The third-order valence-corrected chi connectivity index (χ3v) is 4.51. The van der Waals surface area contributed by atoms with E-state index in [0.717, 1.165) is 17.7 Å². The summed E-state index contributed by atoms with van der Waals surface area (Å²) >= 11 is 0. The molecule has 0 aliphatic heterocycles. The summed E-state index contributed by atoms with van der Waals surface area (Å²) in [5.41, 5.74) is 3.89. The van der Waals surface area contributed by atoms with Crippen molar-refractivity contribution in [2.45, 2.75) is 33.2 Å². The topological polar surface area (TPSA) is 63.5 Å². The van der Waals surface area contributed by atoms with Crippen molar-refractivity contribution in [1.82, 2.24) is 20.2 Å². The van der Waals surface area contributed by atoms with Gasteiger partial charge in [-0.2, -0.15) is 8.78 Å². The molecule has 31 heavy (non-hydrogen) atoms. The lowest BCUT2D eigenvalue weighted by Gasteiger charge is -2.15. The number of rotatable bonds is 8. The van der Waals surface area contributed by atoms with Crippen LogP contribution in [0.4, 0.5) is 8.78 Å². The van der Waals surface area contributed by atoms with Gasteiger partial charge in [0.15, 0.2) is 5.96 Å². The first kappa shape index (κ1) is 24.6. The van der Waals surface area contributed by atoms with Crippen LogP contribution >= 0.6 is 24.0 Å². The number of benzene rings is 2. The van der Waals surface area contributed by atoms with Gasteiger partial charge in [-0.25, -0.2) is 4.98 Å². The first-order valence-electron chi connectivity index (χ1n) is 9.56. The summed E-state index contributed by atoms with van der Waals surface area (Å²) in [6.45, 7) is 0.711. The molecule has 0 saturated heterocycles. The molecule has 0 unspecified atom stereocenters. The predicted octanol–water partition coefficient (Wildman–Crippen LogP) is 4.32. The van der Waals surface area contributed by atoms with Gasteiger partial charge in [0.2, 0.25) is 0 Å². The van der Waals surface area contributed by atoms with E-state index in [9.17, 15) is 8.78 Å². The van der Waals surface area contributed by atoms with Crippen molar-refractivity contribution in [1.29, 1.82) is 0 Å². The van der Waals surface area contributed by atoms with Crippen molar-refractivity contribution in [3.8, 4) is 5.75 Å². The fraction of sp³-hybridized carbons (Fsp3) is 0.273. The summed E-state index contributed by atoms with van der Waals surface area (Å²) in [7, 11) is 1.66. The Balaban J connectivity index is 0.00000341. The van der Waals surface area contributed by atoms with Gasteiger partial charge in [0, 0.05) is 44.6 Å². The van der Waals surface area contributed by atoms with Crippen molar-refractivity contribution in [2.75, 3.05) is 7.05 Å². The van der Waals surface area contributed by atoms with E-state index in [0.29, 0.717) is 24.6 Å². The molecule has 0 radical (unpaired) electrons. The van der Waals surface area contributed by atoms with Gasteiger partial charge in [-0.1, -0.05) is 42.0 Å². The highest BCUT2D eigenvalue weighted by molar-refractivity contribution is 14.0. The van der Waals surface area contributed by atoms with Crippen molar-refractivity contribution in [3.63, 3.8) is 0 Å². The van der Waals surface area contributed by atoms with Crippen LogP contribution in [-0.2, 0) is 19.6 Å². The lowest BCUT2D eigenvalue weighted by atomic mass is 10.1. The molecule has 0 spiro atoms. The Morgan fingerprint density at radius 3 is 2.45 bits per heavy atom. The molecule has 9 heteroatoms.